The van der Waals surface area contributed by atoms with E-state index in [1.807, 2.05) is 12.1 Å². The number of rotatable bonds is 6. The molecule has 2 rings (SSSR count). The Labute approximate surface area is 121 Å². The number of furan rings is 1. The van der Waals surface area contributed by atoms with E-state index in [1.165, 1.54) is 4.90 Å². The molecule has 1 aliphatic carbocycles. The van der Waals surface area contributed by atoms with Crippen LogP contribution in [0.5, 0.6) is 0 Å². The Bertz CT molecular complexity index is 431. The van der Waals surface area contributed by atoms with Crippen molar-refractivity contribution in [2.45, 2.75) is 25.4 Å². The fourth-order valence-corrected chi connectivity index (χ4v) is 2.25. The van der Waals surface area contributed by atoms with Gasteiger partial charge in [-0.1, -0.05) is 0 Å². The molecular weight excluding hydrogens is 312 g/mol. The number of likely N-dealkylation sites (N-methyl/N-ethyl adjacent to an activating group) is 1. The van der Waals surface area contributed by atoms with Crippen molar-refractivity contribution in [1.82, 2.24) is 10.2 Å². The molecule has 0 saturated heterocycles. The molecule has 106 valence electrons. The third-order valence-electron chi connectivity index (χ3n) is 3.25. The first-order chi connectivity index (χ1) is 9.06. The van der Waals surface area contributed by atoms with E-state index in [1.54, 1.807) is 7.05 Å². The zero-order valence-electron chi connectivity index (χ0n) is 10.9. The number of carbonyl (C=O) groups excluding carboxylic acids is 1. The summed E-state index contributed by atoms with van der Waals surface area (Å²) in [5.74, 6) is 1.21. The van der Waals surface area contributed by atoms with Gasteiger partial charge in [-0.15, -0.1) is 0 Å². The lowest BCUT2D eigenvalue weighted by Gasteiger charge is -2.21. The van der Waals surface area contributed by atoms with Crippen molar-refractivity contribution in [2.75, 3.05) is 20.1 Å². The van der Waals surface area contributed by atoms with Crippen molar-refractivity contribution >= 4 is 22.0 Å². The highest BCUT2D eigenvalue weighted by molar-refractivity contribution is 9.10. The highest BCUT2D eigenvalue weighted by Gasteiger charge is 2.31. The molecule has 0 radical (unpaired) electrons. The number of hydrogen-bond donors (Lipinski definition) is 2. The van der Waals surface area contributed by atoms with Crippen LogP contribution >= 0.6 is 15.9 Å². The number of aliphatic hydroxyl groups is 1. The molecule has 0 spiro atoms. The summed E-state index contributed by atoms with van der Waals surface area (Å²) in [5.41, 5.74) is 0. The summed E-state index contributed by atoms with van der Waals surface area (Å²) in [5, 5.41) is 12.6. The predicted octanol–water partition coefficient (Wildman–Crippen LogP) is 2.00. The molecule has 2 amide bonds. The van der Waals surface area contributed by atoms with Gasteiger partial charge in [-0.25, -0.2) is 4.79 Å². The smallest absolute Gasteiger partial charge is 0.317 e. The quantitative estimate of drug-likeness (QED) is 0.838. The summed E-state index contributed by atoms with van der Waals surface area (Å²) in [6.07, 6.45) is 2.40. The standard InChI is InChI=1S/C13H19BrN2O3/c1-16(8-11(17)9-2-3-9)13(18)15-7-6-10-4-5-12(14)19-10/h4-5,9,11,17H,2-3,6-8H2,1H3,(H,15,18). The van der Waals surface area contributed by atoms with Crippen LogP contribution < -0.4 is 5.32 Å². The molecule has 1 heterocycles. The molecule has 1 aliphatic rings. The van der Waals surface area contributed by atoms with E-state index in [9.17, 15) is 9.90 Å². The highest BCUT2D eigenvalue weighted by Crippen LogP contribution is 2.32. The van der Waals surface area contributed by atoms with Gasteiger partial charge in [-0.2, -0.15) is 0 Å². The molecule has 6 heteroatoms. The summed E-state index contributed by atoms with van der Waals surface area (Å²) >= 11 is 3.23. The van der Waals surface area contributed by atoms with Gasteiger partial charge < -0.3 is 19.7 Å². The van der Waals surface area contributed by atoms with Crippen molar-refractivity contribution in [3.63, 3.8) is 0 Å². The maximum atomic E-state index is 11.8. The Morgan fingerprint density at radius 1 is 1.63 bits per heavy atom. The second-order valence-electron chi connectivity index (χ2n) is 4.97. The molecule has 1 aromatic rings. The van der Waals surface area contributed by atoms with E-state index in [0.717, 1.165) is 18.6 Å². The van der Waals surface area contributed by atoms with E-state index >= 15 is 0 Å². The van der Waals surface area contributed by atoms with Gasteiger partial charge in [0.1, 0.15) is 5.76 Å². The molecule has 1 unspecified atom stereocenters. The molecular formula is C13H19BrN2O3. The maximum Gasteiger partial charge on any atom is 0.317 e. The number of nitrogens with one attached hydrogen (secondary N) is 1. The molecule has 0 bridgehead atoms. The largest absolute Gasteiger partial charge is 0.454 e. The molecule has 1 aromatic heterocycles. The van der Waals surface area contributed by atoms with Gasteiger partial charge in [-0.05, 0) is 46.8 Å². The van der Waals surface area contributed by atoms with Crippen molar-refractivity contribution in [1.29, 1.82) is 0 Å². The minimum Gasteiger partial charge on any atom is -0.454 e. The third-order valence-corrected chi connectivity index (χ3v) is 3.68. The molecule has 19 heavy (non-hydrogen) atoms. The number of hydrogen-bond acceptors (Lipinski definition) is 3. The third kappa shape index (κ3) is 4.54. The van der Waals surface area contributed by atoms with Crippen LogP contribution in [-0.2, 0) is 6.42 Å². The topological polar surface area (TPSA) is 65.7 Å². The first-order valence-corrected chi connectivity index (χ1v) is 7.27. The van der Waals surface area contributed by atoms with Gasteiger partial charge >= 0.3 is 6.03 Å². The number of urea groups is 1. The summed E-state index contributed by atoms with van der Waals surface area (Å²) in [6.45, 7) is 0.908. The van der Waals surface area contributed by atoms with Crippen LogP contribution in [0.2, 0.25) is 0 Å². The lowest BCUT2D eigenvalue weighted by molar-refractivity contribution is 0.113. The Kier molecular flexibility index (Phi) is 4.87. The first-order valence-electron chi connectivity index (χ1n) is 6.47. The summed E-state index contributed by atoms with van der Waals surface area (Å²) in [7, 11) is 1.70. The van der Waals surface area contributed by atoms with Crippen LogP contribution in [0, 0.1) is 5.92 Å². The highest BCUT2D eigenvalue weighted by atomic mass is 79.9. The molecule has 0 aliphatic heterocycles. The Morgan fingerprint density at radius 2 is 2.37 bits per heavy atom. The molecule has 2 N–H and O–H groups in total. The first kappa shape index (κ1) is 14.4. The fourth-order valence-electron chi connectivity index (χ4n) is 1.91. The average Bonchev–Trinajstić information content (AvgIpc) is 3.13. The second-order valence-corrected chi connectivity index (χ2v) is 5.75. The molecule has 1 atom stereocenters. The number of carbonyl (C=O) groups is 1. The van der Waals surface area contributed by atoms with Gasteiger partial charge in [0.15, 0.2) is 4.67 Å². The lowest BCUT2D eigenvalue weighted by Crippen LogP contribution is -2.42. The summed E-state index contributed by atoms with van der Waals surface area (Å²) in [4.78, 5) is 13.3. The molecule has 5 nitrogen and oxygen atoms in total. The minimum absolute atomic E-state index is 0.162. The van der Waals surface area contributed by atoms with Crippen molar-refractivity contribution < 1.29 is 14.3 Å². The number of halogens is 1. The second kappa shape index (κ2) is 6.43. The van der Waals surface area contributed by atoms with E-state index in [4.69, 9.17) is 4.42 Å². The van der Waals surface area contributed by atoms with Gasteiger partial charge in [-0.3, -0.25) is 0 Å². The van der Waals surface area contributed by atoms with Crippen LogP contribution in [0.1, 0.15) is 18.6 Å². The monoisotopic (exact) mass is 330 g/mol. The zero-order valence-corrected chi connectivity index (χ0v) is 12.5. The van der Waals surface area contributed by atoms with E-state index in [0.29, 0.717) is 30.1 Å². The van der Waals surface area contributed by atoms with E-state index in [2.05, 4.69) is 21.2 Å². The minimum atomic E-state index is -0.392. The molecule has 1 saturated carbocycles. The van der Waals surface area contributed by atoms with Crippen molar-refractivity contribution in [3.8, 4) is 0 Å². The van der Waals surface area contributed by atoms with Gasteiger partial charge in [0.05, 0.1) is 6.10 Å². The SMILES string of the molecule is CN(CC(O)C1CC1)C(=O)NCCc1ccc(Br)o1. The van der Waals surface area contributed by atoms with Crippen molar-refractivity contribution in [3.05, 3.63) is 22.6 Å². The normalized spacial score (nSPS) is 16.2. The van der Waals surface area contributed by atoms with Gasteiger partial charge in [0.2, 0.25) is 0 Å². The molecule has 0 aromatic carbocycles. The fraction of sp³-hybridized carbons (Fsp3) is 0.615. The van der Waals surface area contributed by atoms with Crippen LogP contribution in [0.4, 0.5) is 4.79 Å². The van der Waals surface area contributed by atoms with E-state index in [-0.39, 0.29) is 6.03 Å². The summed E-state index contributed by atoms with van der Waals surface area (Å²) < 4.78 is 6.03. The van der Waals surface area contributed by atoms with Crippen LogP contribution in [0.3, 0.4) is 0 Å². The Balaban J connectivity index is 1.65. The predicted molar refractivity (Wildman–Crippen MR) is 74.9 cm³/mol. The number of amides is 2. The number of nitrogens with zero attached hydrogens (tertiary/aromatic N) is 1. The maximum absolute atomic E-state index is 11.8. The van der Waals surface area contributed by atoms with Crippen LogP contribution in [-0.4, -0.2) is 42.3 Å². The lowest BCUT2D eigenvalue weighted by atomic mass is 10.2. The molecule has 1 fully saturated rings. The van der Waals surface area contributed by atoms with Gasteiger partial charge in [0.25, 0.3) is 0 Å². The number of aliphatic hydroxyl groups excluding tert-OH is 1. The zero-order chi connectivity index (χ0) is 13.8. The summed E-state index contributed by atoms with van der Waals surface area (Å²) in [6, 6.07) is 3.54. The van der Waals surface area contributed by atoms with Crippen LogP contribution in [0.15, 0.2) is 21.2 Å². The Morgan fingerprint density at radius 3 is 2.95 bits per heavy atom. The van der Waals surface area contributed by atoms with Crippen LogP contribution in [0.25, 0.3) is 0 Å². The Hall–Kier alpha value is -1.01. The van der Waals surface area contributed by atoms with Crippen molar-refractivity contribution in [2.24, 2.45) is 5.92 Å². The average molecular weight is 331 g/mol. The van der Waals surface area contributed by atoms with Gasteiger partial charge in [0, 0.05) is 26.6 Å². The van der Waals surface area contributed by atoms with E-state index < -0.39 is 6.10 Å².